The zero-order chi connectivity index (χ0) is 16.3. The molecule has 0 saturated carbocycles. The fraction of sp³-hybridized carbons (Fsp3) is 0. The van der Waals surface area contributed by atoms with Crippen molar-refractivity contribution >= 4 is 24.2 Å². The molecule has 0 radical (unpaired) electrons. The maximum atomic E-state index is 11.7. The zero-order valence-corrected chi connectivity index (χ0v) is 12.3. The minimum Gasteiger partial charge on any atom is -0.267 e. The van der Waals surface area contributed by atoms with Gasteiger partial charge in [-0.2, -0.15) is 5.10 Å². The molecule has 116 valence electrons. The Kier molecular flexibility index (Phi) is 6.10. The van der Waals surface area contributed by atoms with Gasteiger partial charge in [0.2, 0.25) is 0 Å². The van der Waals surface area contributed by atoms with E-state index in [1.807, 2.05) is 36.4 Å². The molecule has 2 aromatic carbocycles. The Hall–Kier alpha value is -3.41. The molecule has 0 fully saturated rings. The summed E-state index contributed by atoms with van der Waals surface area (Å²) in [5.74, 6) is -0.409. The molecule has 6 nitrogen and oxygen atoms in total. The molecule has 0 spiro atoms. The van der Waals surface area contributed by atoms with Crippen molar-refractivity contribution in [2.24, 2.45) is 5.10 Å². The summed E-state index contributed by atoms with van der Waals surface area (Å²) in [6.07, 6.45) is 4.98. The summed E-state index contributed by atoms with van der Waals surface area (Å²) < 4.78 is 0. The fourth-order valence-electron chi connectivity index (χ4n) is 1.66. The maximum Gasteiger partial charge on any atom is 0.353 e. The van der Waals surface area contributed by atoms with E-state index in [1.54, 1.807) is 36.4 Å². The van der Waals surface area contributed by atoms with Crippen LogP contribution in [0.3, 0.4) is 0 Å². The van der Waals surface area contributed by atoms with Crippen molar-refractivity contribution in [3.05, 3.63) is 77.9 Å². The number of hydrogen-bond donors (Lipinski definition) is 3. The predicted octanol–water partition coefficient (Wildman–Crippen LogP) is 2.33. The standard InChI is InChI=1S/C17H16N4O2/c22-16(15-11-5-2-6-12-15)19-21-17(23)20-18-13-7-10-14-8-3-1-4-9-14/h1-13H,(H,19,22)(H2,20,21,23)/b10-7-,18-13+. The Morgan fingerprint density at radius 1 is 0.870 bits per heavy atom. The molecular formula is C17H16N4O2. The molecule has 0 aliphatic heterocycles. The molecule has 0 bridgehead atoms. The molecule has 0 aliphatic carbocycles. The minimum atomic E-state index is -0.640. The average molecular weight is 308 g/mol. The van der Waals surface area contributed by atoms with Crippen LogP contribution in [0, 0.1) is 0 Å². The number of allylic oxidation sites excluding steroid dienone is 1. The van der Waals surface area contributed by atoms with Crippen molar-refractivity contribution in [2.75, 3.05) is 0 Å². The van der Waals surface area contributed by atoms with E-state index in [0.717, 1.165) is 5.56 Å². The van der Waals surface area contributed by atoms with Gasteiger partial charge in [-0.3, -0.25) is 10.2 Å². The highest BCUT2D eigenvalue weighted by molar-refractivity contribution is 5.95. The van der Waals surface area contributed by atoms with Crippen LogP contribution in [0.4, 0.5) is 4.79 Å². The molecule has 0 saturated heterocycles. The number of nitrogens with one attached hydrogen (secondary N) is 3. The van der Waals surface area contributed by atoms with Crippen molar-refractivity contribution in [2.45, 2.75) is 0 Å². The summed E-state index contributed by atoms with van der Waals surface area (Å²) in [5.41, 5.74) is 8.18. The topological polar surface area (TPSA) is 82.6 Å². The smallest absolute Gasteiger partial charge is 0.267 e. The number of hydrazine groups is 1. The summed E-state index contributed by atoms with van der Waals surface area (Å²) in [6, 6.07) is 17.6. The van der Waals surface area contributed by atoms with Gasteiger partial charge in [0.1, 0.15) is 0 Å². The first-order valence-corrected chi connectivity index (χ1v) is 6.92. The Bertz CT molecular complexity index is 697. The van der Waals surface area contributed by atoms with Crippen LogP contribution in [-0.4, -0.2) is 18.2 Å². The Morgan fingerprint density at radius 2 is 1.52 bits per heavy atom. The van der Waals surface area contributed by atoms with Gasteiger partial charge in [-0.15, -0.1) is 0 Å². The molecular weight excluding hydrogens is 292 g/mol. The number of nitrogens with zero attached hydrogens (tertiary/aromatic N) is 1. The third kappa shape index (κ3) is 5.84. The van der Waals surface area contributed by atoms with Gasteiger partial charge in [-0.05, 0) is 23.8 Å². The molecule has 6 heteroatoms. The summed E-state index contributed by atoms with van der Waals surface area (Å²) in [5, 5.41) is 3.71. The van der Waals surface area contributed by atoms with Crippen LogP contribution < -0.4 is 16.3 Å². The predicted molar refractivity (Wildman–Crippen MR) is 89.5 cm³/mol. The number of benzene rings is 2. The number of carbonyl (C=O) groups is 2. The number of amides is 3. The summed E-state index contributed by atoms with van der Waals surface area (Å²) in [4.78, 5) is 23.1. The normalized spacial score (nSPS) is 10.6. The molecule has 3 amide bonds. The highest BCUT2D eigenvalue weighted by Crippen LogP contribution is 1.99. The lowest BCUT2D eigenvalue weighted by Gasteiger charge is -2.05. The summed E-state index contributed by atoms with van der Waals surface area (Å²) >= 11 is 0. The first-order chi connectivity index (χ1) is 11.3. The van der Waals surface area contributed by atoms with Crippen molar-refractivity contribution in [1.29, 1.82) is 0 Å². The number of urea groups is 1. The van der Waals surface area contributed by atoms with Crippen molar-refractivity contribution < 1.29 is 9.59 Å². The van der Waals surface area contributed by atoms with Crippen molar-refractivity contribution in [3.63, 3.8) is 0 Å². The Morgan fingerprint density at radius 3 is 2.22 bits per heavy atom. The largest absolute Gasteiger partial charge is 0.353 e. The van der Waals surface area contributed by atoms with Crippen LogP contribution >= 0.6 is 0 Å². The van der Waals surface area contributed by atoms with Gasteiger partial charge < -0.3 is 0 Å². The minimum absolute atomic E-state index is 0.409. The van der Waals surface area contributed by atoms with E-state index in [-0.39, 0.29) is 0 Å². The second kappa shape index (κ2) is 8.78. The monoisotopic (exact) mass is 308 g/mol. The van der Waals surface area contributed by atoms with E-state index in [0.29, 0.717) is 5.56 Å². The van der Waals surface area contributed by atoms with Crippen LogP contribution in [-0.2, 0) is 0 Å². The highest BCUT2D eigenvalue weighted by Gasteiger charge is 2.04. The Balaban J connectivity index is 1.70. The zero-order valence-electron chi connectivity index (χ0n) is 12.3. The lowest BCUT2D eigenvalue weighted by molar-refractivity contribution is 0.0936. The number of carbonyl (C=O) groups excluding carboxylic acids is 2. The van der Waals surface area contributed by atoms with Crippen LogP contribution in [0.5, 0.6) is 0 Å². The highest BCUT2D eigenvalue weighted by atomic mass is 16.2. The van der Waals surface area contributed by atoms with Crippen LogP contribution in [0.1, 0.15) is 15.9 Å². The quantitative estimate of drug-likeness (QED) is 0.598. The lowest BCUT2D eigenvalue weighted by atomic mass is 10.2. The third-order valence-electron chi connectivity index (χ3n) is 2.74. The molecule has 0 unspecified atom stereocenters. The molecule has 0 heterocycles. The van der Waals surface area contributed by atoms with Crippen molar-refractivity contribution in [3.8, 4) is 0 Å². The molecule has 2 aromatic rings. The van der Waals surface area contributed by atoms with Gasteiger partial charge in [0, 0.05) is 11.8 Å². The summed E-state index contributed by atoms with van der Waals surface area (Å²) in [7, 11) is 0. The van der Waals surface area contributed by atoms with Gasteiger partial charge in [0.15, 0.2) is 0 Å². The number of hydrazone groups is 1. The number of hydrogen-bond acceptors (Lipinski definition) is 3. The Labute approximate surface area is 133 Å². The number of rotatable bonds is 4. The third-order valence-corrected chi connectivity index (χ3v) is 2.74. The molecule has 0 aromatic heterocycles. The van der Waals surface area contributed by atoms with E-state index in [1.165, 1.54) is 6.21 Å². The molecule has 0 atom stereocenters. The van der Waals surface area contributed by atoms with Gasteiger partial charge in [-0.25, -0.2) is 15.6 Å². The molecule has 3 N–H and O–H groups in total. The van der Waals surface area contributed by atoms with Crippen LogP contribution in [0.25, 0.3) is 6.08 Å². The van der Waals surface area contributed by atoms with Crippen molar-refractivity contribution in [1.82, 2.24) is 16.3 Å². The van der Waals surface area contributed by atoms with Gasteiger partial charge in [0.05, 0.1) is 0 Å². The van der Waals surface area contributed by atoms with Gasteiger partial charge >= 0.3 is 6.03 Å². The molecule has 2 rings (SSSR count). The first kappa shape index (κ1) is 16.0. The SMILES string of the molecule is O=C(N/N=C/C=C\c1ccccc1)NNC(=O)c1ccccc1. The van der Waals surface area contributed by atoms with E-state index in [4.69, 9.17) is 0 Å². The van der Waals surface area contributed by atoms with Crippen LogP contribution in [0.15, 0.2) is 71.8 Å². The van der Waals surface area contributed by atoms with E-state index < -0.39 is 11.9 Å². The fourth-order valence-corrected chi connectivity index (χ4v) is 1.66. The van der Waals surface area contributed by atoms with E-state index >= 15 is 0 Å². The van der Waals surface area contributed by atoms with Crippen LogP contribution in [0.2, 0.25) is 0 Å². The van der Waals surface area contributed by atoms with Gasteiger partial charge in [0.25, 0.3) is 5.91 Å². The molecule has 23 heavy (non-hydrogen) atoms. The molecule has 0 aliphatic rings. The maximum absolute atomic E-state index is 11.7. The summed E-state index contributed by atoms with van der Waals surface area (Å²) in [6.45, 7) is 0. The first-order valence-electron chi connectivity index (χ1n) is 6.92. The second-order valence-corrected chi connectivity index (χ2v) is 4.43. The second-order valence-electron chi connectivity index (χ2n) is 4.43. The lowest BCUT2D eigenvalue weighted by Crippen LogP contribution is -2.45. The van der Waals surface area contributed by atoms with E-state index in [9.17, 15) is 9.59 Å². The average Bonchev–Trinajstić information content (AvgIpc) is 2.61. The van der Waals surface area contributed by atoms with E-state index in [2.05, 4.69) is 21.4 Å². The van der Waals surface area contributed by atoms with Gasteiger partial charge in [-0.1, -0.05) is 54.6 Å².